The van der Waals surface area contributed by atoms with E-state index in [0.29, 0.717) is 34.4 Å². The summed E-state index contributed by atoms with van der Waals surface area (Å²) < 4.78 is 40.5. The number of aromatic amines is 1. The second-order valence-corrected chi connectivity index (χ2v) is 6.81. The molecule has 1 aliphatic rings. The third-order valence-electron chi connectivity index (χ3n) is 4.71. The number of benzene rings is 1. The topological polar surface area (TPSA) is 71.4 Å². The van der Waals surface area contributed by atoms with Crippen LogP contribution in [0, 0.1) is 0 Å². The van der Waals surface area contributed by atoms with Gasteiger partial charge in [-0.05, 0) is 43.2 Å². The van der Waals surface area contributed by atoms with E-state index in [2.05, 4.69) is 25.5 Å². The van der Waals surface area contributed by atoms with E-state index in [9.17, 15) is 13.2 Å². The maximum absolute atomic E-state index is 12.9. The van der Waals surface area contributed by atoms with Crippen LogP contribution in [0.4, 0.5) is 24.7 Å². The summed E-state index contributed by atoms with van der Waals surface area (Å²) in [6.07, 6.45) is -0.434. The first kappa shape index (κ1) is 16.8. The van der Waals surface area contributed by atoms with Gasteiger partial charge in [0.2, 0.25) is 0 Å². The minimum Gasteiger partial charge on any atom is -0.340 e. The Balaban J connectivity index is 1.48. The number of alkyl halides is 3. The zero-order valence-corrected chi connectivity index (χ0v) is 14.5. The van der Waals surface area contributed by atoms with Crippen LogP contribution in [0.5, 0.6) is 0 Å². The minimum absolute atomic E-state index is 0.309. The molecule has 0 atom stereocenters. The molecule has 2 N–H and O–H groups in total. The second-order valence-electron chi connectivity index (χ2n) is 6.81. The van der Waals surface area contributed by atoms with E-state index in [1.165, 1.54) is 6.07 Å². The first-order valence-corrected chi connectivity index (χ1v) is 8.81. The normalized spacial score (nSPS) is 14.5. The molecule has 3 heterocycles. The number of fused-ring (bicyclic) bond motifs is 1. The van der Waals surface area contributed by atoms with Gasteiger partial charge in [0.15, 0.2) is 11.5 Å². The number of nitrogens with zero attached hydrogens (tertiary/aromatic N) is 4. The largest absolute Gasteiger partial charge is 0.416 e. The van der Waals surface area contributed by atoms with Crippen LogP contribution >= 0.6 is 0 Å². The molecule has 0 amide bonds. The van der Waals surface area contributed by atoms with Crippen LogP contribution < -0.4 is 5.32 Å². The summed E-state index contributed by atoms with van der Waals surface area (Å²) in [6.45, 7) is 0. The summed E-state index contributed by atoms with van der Waals surface area (Å²) in [7, 11) is 0. The van der Waals surface area contributed by atoms with Gasteiger partial charge in [0.05, 0.1) is 5.56 Å². The van der Waals surface area contributed by atoms with Crippen LogP contribution in [-0.2, 0) is 6.18 Å². The quantitative estimate of drug-likeness (QED) is 0.531. The highest BCUT2D eigenvalue weighted by atomic mass is 19.4. The lowest BCUT2D eigenvalue weighted by Gasteiger charge is -2.10. The molecule has 1 aromatic carbocycles. The van der Waals surface area contributed by atoms with Crippen LogP contribution in [0.25, 0.3) is 17.0 Å². The molecule has 1 aliphatic carbocycles. The maximum Gasteiger partial charge on any atom is 0.416 e. The van der Waals surface area contributed by atoms with E-state index < -0.39 is 11.7 Å². The average Bonchev–Trinajstić information content (AvgIpc) is 3.25. The van der Waals surface area contributed by atoms with Crippen LogP contribution in [-0.4, -0.2) is 24.7 Å². The monoisotopic (exact) mass is 384 g/mol. The van der Waals surface area contributed by atoms with Gasteiger partial charge in [0, 0.05) is 23.4 Å². The second kappa shape index (κ2) is 6.08. The number of anilines is 2. The number of imidazole rings is 1. The van der Waals surface area contributed by atoms with Gasteiger partial charge in [-0.15, -0.1) is 0 Å². The van der Waals surface area contributed by atoms with Crippen LogP contribution in [0.3, 0.4) is 0 Å². The van der Waals surface area contributed by atoms with Crippen molar-refractivity contribution >= 4 is 22.7 Å². The Morgan fingerprint density at radius 1 is 1.11 bits per heavy atom. The van der Waals surface area contributed by atoms with Crippen molar-refractivity contribution in [2.45, 2.75) is 24.9 Å². The van der Waals surface area contributed by atoms with Crippen molar-refractivity contribution in [1.29, 1.82) is 0 Å². The molecule has 3 aromatic heterocycles. The van der Waals surface area contributed by atoms with Crippen LogP contribution in [0.2, 0.25) is 0 Å². The number of hydrogen-bond donors (Lipinski definition) is 2. The van der Waals surface area contributed by atoms with Crippen molar-refractivity contribution < 1.29 is 13.2 Å². The lowest BCUT2D eigenvalue weighted by atomic mass is 10.2. The van der Waals surface area contributed by atoms with Crippen LogP contribution in [0.1, 0.15) is 30.0 Å². The lowest BCUT2D eigenvalue weighted by Crippen LogP contribution is -2.05. The Morgan fingerprint density at radius 3 is 2.75 bits per heavy atom. The van der Waals surface area contributed by atoms with Crippen molar-refractivity contribution in [3.63, 3.8) is 0 Å². The average molecular weight is 384 g/mol. The summed E-state index contributed by atoms with van der Waals surface area (Å²) in [5, 5.41) is 10.3. The summed E-state index contributed by atoms with van der Waals surface area (Å²) in [6, 6.07) is 10.4. The Labute approximate surface area is 157 Å². The molecule has 1 fully saturated rings. The Morgan fingerprint density at radius 2 is 1.96 bits per heavy atom. The number of halogens is 3. The number of aromatic nitrogens is 5. The predicted molar refractivity (Wildman–Crippen MR) is 97.7 cm³/mol. The smallest absolute Gasteiger partial charge is 0.340 e. The first-order valence-electron chi connectivity index (χ1n) is 8.81. The molecule has 142 valence electrons. The van der Waals surface area contributed by atoms with Crippen molar-refractivity contribution in [2.24, 2.45) is 0 Å². The van der Waals surface area contributed by atoms with E-state index >= 15 is 0 Å². The summed E-state index contributed by atoms with van der Waals surface area (Å²) >= 11 is 0. The summed E-state index contributed by atoms with van der Waals surface area (Å²) in [5.74, 6) is 1.65. The standard InChI is InChI=1S/C19H15F3N6/c20-19(21,22)12-2-1-3-13(8-12)24-16-7-6-14-18(25-16)28(10-23-14)17-9-15(26-27-17)11-4-5-11/h1-3,6-11H,4-5H2,(H,24,25)(H,26,27). The SMILES string of the molecule is FC(F)(F)c1cccc(Nc2ccc3ncn(-c4cc(C5CC5)[nH]n4)c3n2)c1. The fourth-order valence-electron chi connectivity index (χ4n) is 3.10. The number of H-pyrrole nitrogens is 1. The molecule has 0 radical (unpaired) electrons. The van der Waals surface area contributed by atoms with E-state index in [1.807, 2.05) is 6.07 Å². The molecule has 0 spiro atoms. The zero-order valence-electron chi connectivity index (χ0n) is 14.5. The Kier molecular flexibility index (Phi) is 3.65. The molecule has 5 rings (SSSR count). The molecule has 0 aliphatic heterocycles. The fourth-order valence-corrected chi connectivity index (χ4v) is 3.10. The molecule has 1 saturated carbocycles. The zero-order chi connectivity index (χ0) is 19.3. The molecular formula is C19H15F3N6. The van der Waals surface area contributed by atoms with Gasteiger partial charge in [-0.25, -0.2) is 9.97 Å². The lowest BCUT2D eigenvalue weighted by molar-refractivity contribution is -0.137. The van der Waals surface area contributed by atoms with Gasteiger partial charge in [-0.1, -0.05) is 6.07 Å². The van der Waals surface area contributed by atoms with Crippen molar-refractivity contribution in [2.75, 3.05) is 5.32 Å². The van der Waals surface area contributed by atoms with Crippen molar-refractivity contribution in [3.8, 4) is 5.82 Å². The van der Waals surface area contributed by atoms with E-state index in [0.717, 1.165) is 30.7 Å². The number of nitrogens with one attached hydrogen (secondary N) is 2. The Bertz CT molecular complexity index is 1160. The molecular weight excluding hydrogens is 369 g/mol. The van der Waals surface area contributed by atoms with Gasteiger partial charge >= 0.3 is 6.18 Å². The van der Waals surface area contributed by atoms with Gasteiger partial charge < -0.3 is 5.32 Å². The number of rotatable bonds is 4. The van der Waals surface area contributed by atoms with Gasteiger partial charge in [0.1, 0.15) is 17.7 Å². The molecule has 28 heavy (non-hydrogen) atoms. The number of hydrogen-bond acceptors (Lipinski definition) is 4. The van der Waals surface area contributed by atoms with Gasteiger partial charge in [-0.2, -0.15) is 18.3 Å². The minimum atomic E-state index is -4.40. The third kappa shape index (κ3) is 3.08. The van der Waals surface area contributed by atoms with E-state index in [4.69, 9.17) is 0 Å². The highest BCUT2D eigenvalue weighted by molar-refractivity contribution is 5.76. The first-order chi connectivity index (χ1) is 13.5. The summed E-state index contributed by atoms with van der Waals surface area (Å²) in [5.41, 5.74) is 1.93. The molecule has 6 nitrogen and oxygen atoms in total. The van der Waals surface area contributed by atoms with Gasteiger partial charge in [0.25, 0.3) is 0 Å². The predicted octanol–water partition coefficient (Wildman–Crippen LogP) is 4.78. The molecule has 0 bridgehead atoms. The molecule has 0 unspecified atom stereocenters. The summed E-state index contributed by atoms with van der Waals surface area (Å²) in [4.78, 5) is 8.85. The van der Waals surface area contributed by atoms with Crippen molar-refractivity contribution in [3.05, 3.63) is 60.0 Å². The Hall–Kier alpha value is -3.36. The highest BCUT2D eigenvalue weighted by Crippen LogP contribution is 2.39. The van der Waals surface area contributed by atoms with E-state index in [-0.39, 0.29) is 0 Å². The highest BCUT2D eigenvalue weighted by Gasteiger charge is 2.30. The van der Waals surface area contributed by atoms with Crippen molar-refractivity contribution in [1.82, 2.24) is 24.7 Å². The molecule has 4 aromatic rings. The molecule has 0 saturated heterocycles. The van der Waals surface area contributed by atoms with Crippen LogP contribution in [0.15, 0.2) is 48.8 Å². The fraction of sp³-hybridized carbons (Fsp3) is 0.211. The maximum atomic E-state index is 12.9. The van der Waals surface area contributed by atoms with Gasteiger partial charge in [-0.3, -0.25) is 9.67 Å². The van der Waals surface area contributed by atoms with E-state index in [1.54, 1.807) is 29.1 Å². The molecule has 9 heteroatoms. The number of pyridine rings is 1. The third-order valence-corrected chi connectivity index (χ3v) is 4.71.